The van der Waals surface area contributed by atoms with Crippen LogP contribution in [-0.2, 0) is 11.8 Å². The van der Waals surface area contributed by atoms with E-state index in [1.54, 1.807) is 40.1 Å². The maximum atomic E-state index is 14.2. The fourth-order valence-corrected chi connectivity index (χ4v) is 2.63. The van der Waals surface area contributed by atoms with Crippen LogP contribution in [0, 0.1) is 5.82 Å². The van der Waals surface area contributed by atoms with Crippen LogP contribution in [-0.4, -0.2) is 46.8 Å². The summed E-state index contributed by atoms with van der Waals surface area (Å²) in [5, 5.41) is 2.90. The third kappa shape index (κ3) is 3.34. The van der Waals surface area contributed by atoms with Gasteiger partial charge in [-0.1, -0.05) is 18.2 Å². The number of aromatic nitrogens is 2. The van der Waals surface area contributed by atoms with Crippen molar-refractivity contribution in [3.05, 3.63) is 53.9 Å². The fraction of sp³-hybridized carbons (Fsp3) is 0.375. The first-order valence-electron chi connectivity index (χ1n) is 7.51. The lowest BCUT2D eigenvalue weighted by Gasteiger charge is -2.29. The van der Waals surface area contributed by atoms with Gasteiger partial charge in [0.05, 0.1) is 13.2 Å². The van der Waals surface area contributed by atoms with Crippen LogP contribution in [0.15, 0.2) is 36.7 Å². The molecule has 1 fully saturated rings. The molecule has 6 nitrogen and oxygen atoms in total. The summed E-state index contributed by atoms with van der Waals surface area (Å²) in [5.41, 5.74) is 0.392. The monoisotopic (exact) mass is 318 g/mol. The van der Waals surface area contributed by atoms with Gasteiger partial charge in [-0.2, -0.15) is 0 Å². The Morgan fingerprint density at radius 1 is 1.35 bits per heavy atom. The lowest BCUT2D eigenvalue weighted by Crippen LogP contribution is -2.47. The van der Waals surface area contributed by atoms with E-state index in [-0.39, 0.29) is 11.8 Å². The first-order valence-corrected chi connectivity index (χ1v) is 7.51. The maximum absolute atomic E-state index is 14.2. The first kappa shape index (κ1) is 15.5. The summed E-state index contributed by atoms with van der Waals surface area (Å²) >= 11 is 0. The van der Waals surface area contributed by atoms with Crippen molar-refractivity contribution >= 4 is 6.03 Å². The number of ether oxygens (including phenoxy) is 1. The number of carbonyl (C=O) groups is 1. The molecule has 1 aromatic carbocycles. The number of aryl methyl sites for hydroxylation is 1. The number of urea groups is 1. The van der Waals surface area contributed by atoms with Crippen LogP contribution < -0.4 is 5.32 Å². The average molecular weight is 318 g/mol. The highest BCUT2D eigenvalue weighted by Crippen LogP contribution is 2.23. The number of amides is 2. The summed E-state index contributed by atoms with van der Waals surface area (Å²) in [6.07, 6.45) is 3.40. The van der Waals surface area contributed by atoms with Crippen LogP contribution >= 0.6 is 0 Å². The van der Waals surface area contributed by atoms with Crippen LogP contribution in [0.1, 0.15) is 17.4 Å². The smallest absolute Gasteiger partial charge is 0.318 e. The molecule has 0 unspecified atom stereocenters. The minimum absolute atomic E-state index is 0.246. The maximum Gasteiger partial charge on any atom is 0.318 e. The summed E-state index contributed by atoms with van der Waals surface area (Å²) in [6.45, 7) is 2.08. The molecule has 1 saturated heterocycles. The number of hydrogen-bond donors (Lipinski definition) is 1. The van der Waals surface area contributed by atoms with Gasteiger partial charge in [0.15, 0.2) is 0 Å². The zero-order valence-electron chi connectivity index (χ0n) is 12.9. The second-order valence-corrected chi connectivity index (χ2v) is 5.40. The van der Waals surface area contributed by atoms with E-state index in [4.69, 9.17) is 4.74 Å². The number of nitrogens with zero attached hydrogens (tertiary/aromatic N) is 3. The van der Waals surface area contributed by atoms with Crippen molar-refractivity contribution in [1.82, 2.24) is 19.8 Å². The SMILES string of the molecule is Cn1ccnc1[C@@H](NC(=O)N1CCOCC1)c1ccccc1F. The van der Waals surface area contributed by atoms with Crippen molar-refractivity contribution in [3.8, 4) is 0 Å². The van der Waals surface area contributed by atoms with Crippen molar-refractivity contribution in [1.29, 1.82) is 0 Å². The molecular weight excluding hydrogens is 299 g/mol. The molecule has 23 heavy (non-hydrogen) atoms. The molecule has 0 bridgehead atoms. The van der Waals surface area contributed by atoms with Gasteiger partial charge < -0.3 is 19.5 Å². The normalized spacial score (nSPS) is 16.2. The van der Waals surface area contributed by atoms with E-state index < -0.39 is 6.04 Å². The standard InChI is InChI=1S/C16H19FN4O2/c1-20-7-6-18-15(20)14(12-4-2-3-5-13(12)17)19-16(22)21-8-10-23-11-9-21/h2-7,14H,8-11H2,1H3,(H,19,22)/t14-/m0/s1. The number of rotatable bonds is 3. The van der Waals surface area contributed by atoms with Gasteiger partial charge in [-0.05, 0) is 6.07 Å². The van der Waals surface area contributed by atoms with Crippen LogP contribution in [0.25, 0.3) is 0 Å². The highest BCUT2D eigenvalue weighted by molar-refractivity contribution is 5.75. The second-order valence-electron chi connectivity index (χ2n) is 5.40. The first-order chi connectivity index (χ1) is 11.2. The predicted molar refractivity (Wildman–Crippen MR) is 82.4 cm³/mol. The van der Waals surface area contributed by atoms with Crippen molar-refractivity contribution in [2.24, 2.45) is 7.05 Å². The summed E-state index contributed by atoms with van der Waals surface area (Å²) in [7, 11) is 1.82. The quantitative estimate of drug-likeness (QED) is 0.937. The number of nitrogens with one attached hydrogen (secondary N) is 1. The molecule has 7 heteroatoms. The molecule has 0 radical (unpaired) electrons. The summed E-state index contributed by atoms with van der Waals surface area (Å²) in [5.74, 6) is 0.208. The van der Waals surface area contributed by atoms with E-state index in [2.05, 4.69) is 10.3 Å². The molecular formula is C16H19FN4O2. The van der Waals surface area contributed by atoms with E-state index in [0.29, 0.717) is 37.7 Å². The molecule has 3 rings (SSSR count). The lowest BCUT2D eigenvalue weighted by atomic mass is 10.1. The van der Waals surface area contributed by atoms with Gasteiger partial charge in [-0.3, -0.25) is 0 Å². The zero-order chi connectivity index (χ0) is 16.2. The number of hydrogen-bond acceptors (Lipinski definition) is 3. The van der Waals surface area contributed by atoms with Crippen molar-refractivity contribution in [2.45, 2.75) is 6.04 Å². The van der Waals surface area contributed by atoms with Crippen LogP contribution in [0.3, 0.4) is 0 Å². The molecule has 1 atom stereocenters. The molecule has 122 valence electrons. The van der Waals surface area contributed by atoms with E-state index in [9.17, 15) is 9.18 Å². The molecule has 0 spiro atoms. The minimum atomic E-state index is -0.647. The molecule has 0 aliphatic carbocycles. The molecule has 2 heterocycles. The third-order valence-electron chi connectivity index (χ3n) is 3.90. The summed E-state index contributed by atoms with van der Waals surface area (Å²) in [6, 6.07) is 5.52. The van der Waals surface area contributed by atoms with Crippen molar-refractivity contribution < 1.29 is 13.9 Å². The zero-order valence-corrected chi connectivity index (χ0v) is 12.9. The summed E-state index contributed by atoms with van der Waals surface area (Å²) in [4.78, 5) is 18.4. The lowest BCUT2D eigenvalue weighted by molar-refractivity contribution is 0.0527. The minimum Gasteiger partial charge on any atom is -0.378 e. The van der Waals surface area contributed by atoms with E-state index >= 15 is 0 Å². The van der Waals surface area contributed by atoms with Gasteiger partial charge in [0.25, 0.3) is 0 Å². The van der Waals surface area contributed by atoms with E-state index in [0.717, 1.165) is 0 Å². The number of morpholine rings is 1. The average Bonchev–Trinajstić information content (AvgIpc) is 3.00. The highest BCUT2D eigenvalue weighted by atomic mass is 19.1. The second kappa shape index (κ2) is 6.78. The molecule has 0 saturated carbocycles. The third-order valence-corrected chi connectivity index (χ3v) is 3.90. The number of halogens is 1. The Kier molecular flexibility index (Phi) is 4.57. The van der Waals surface area contributed by atoms with Crippen LogP contribution in [0.5, 0.6) is 0 Å². The Morgan fingerprint density at radius 3 is 2.74 bits per heavy atom. The van der Waals surface area contributed by atoms with Gasteiger partial charge in [0.1, 0.15) is 17.7 Å². The Morgan fingerprint density at radius 2 is 2.09 bits per heavy atom. The number of imidazole rings is 1. The van der Waals surface area contributed by atoms with Gasteiger partial charge in [-0.15, -0.1) is 0 Å². The molecule has 1 aliphatic heterocycles. The number of benzene rings is 1. The fourth-order valence-electron chi connectivity index (χ4n) is 2.63. The largest absolute Gasteiger partial charge is 0.378 e. The molecule has 1 N–H and O–H groups in total. The van der Waals surface area contributed by atoms with Crippen molar-refractivity contribution in [3.63, 3.8) is 0 Å². The molecule has 1 aliphatic rings. The van der Waals surface area contributed by atoms with E-state index in [1.165, 1.54) is 6.07 Å². The van der Waals surface area contributed by atoms with Gasteiger partial charge >= 0.3 is 6.03 Å². The topological polar surface area (TPSA) is 59.4 Å². The van der Waals surface area contributed by atoms with Gasteiger partial charge in [-0.25, -0.2) is 14.2 Å². The highest BCUT2D eigenvalue weighted by Gasteiger charge is 2.26. The molecule has 2 aromatic rings. The Bertz CT molecular complexity index is 682. The van der Waals surface area contributed by atoms with Crippen LogP contribution in [0.4, 0.5) is 9.18 Å². The Hall–Kier alpha value is -2.41. The van der Waals surface area contributed by atoms with E-state index in [1.807, 2.05) is 7.05 Å². The Labute approximate surface area is 133 Å². The van der Waals surface area contributed by atoms with Crippen molar-refractivity contribution in [2.75, 3.05) is 26.3 Å². The Balaban J connectivity index is 1.88. The van der Waals surface area contributed by atoms with Gasteiger partial charge in [0, 0.05) is 38.1 Å². The van der Waals surface area contributed by atoms with Crippen LogP contribution in [0.2, 0.25) is 0 Å². The van der Waals surface area contributed by atoms with Gasteiger partial charge in [0.2, 0.25) is 0 Å². The molecule has 2 amide bonds. The summed E-state index contributed by atoms with van der Waals surface area (Å²) < 4.78 is 21.3. The molecule has 1 aromatic heterocycles. The predicted octanol–water partition coefficient (Wildman–Crippen LogP) is 1.69. The number of carbonyl (C=O) groups excluding carboxylic acids is 1.